The van der Waals surface area contributed by atoms with Crippen molar-refractivity contribution in [2.75, 3.05) is 0 Å². The van der Waals surface area contributed by atoms with Gasteiger partial charge in [-0.25, -0.2) is 0 Å². The van der Waals surface area contributed by atoms with Crippen LogP contribution in [0.1, 0.15) is 41.0 Å². The molecule has 12 heavy (non-hydrogen) atoms. The second-order valence-corrected chi connectivity index (χ2v) is 3.90. The van der Waals surface area contributed by atoms with E-state index >= 15 is 0 Å². The molecule has 0 unspecified atom stereocenters. The van der Waals surface area contributed by atoms with E-state index in [9.17, 15) is 0 Å². The summed E-state index contributed by atoms with van der Waals surface area (Å²) in [6.07, 6.45) is 0.914. The minimum absolute atomic E-state index is 0.418. The molecule has 0 fully saturated rings. The maximum absolute atomic E-state index is 5.67. The molecule has 0 bridgehead atoms. The zero-order valence-electron chi connectivity index (χ0n) is 8.60. The van der Waals surface area contributed by atoms with Crippen LogP contribution in [-0.4, -0.2) is 5.79 Å². The zero-order valence-corrected chi connectivity index (χ0v) is 8.60. The van der Waals surface area contributed by atoms with Gasteiger partial charge in [0.1, 0.15) is 11.5 Å². The summed E-state index contributed by atoms with van der Waals surface area (Å²) < 4.78 is 11.3. The lowest BCUT2D eigenvalue weighted by molar-refractivity contribution is -0.127. The summed E-state index contributed by atoms with van der Waals surface area (Å²) in [5.41, 5.74) is 0. The smallest absolute Gasteiger partial charge is 0.245 e. The maximum Gasteiger partial charge on any atom is 0.245 e. The Morgan fingerprint density at radius 2 is 1.83 bits per heavy atom. The molecule has 0 aliphatic carbocycles. The fourth-order valence-corrected chi connectivity index (χ4v) is 1.38. The molecule has 70 valence electrons. The second kappa shape index (κ2) is 3.00. The predicted molar refractivity (Wildman–Crippen MR) is 48.4 cm³/mol. The van der Waals surface area contributed by atoms with Gasteiger partial charge in [-0.05, 0) is 0 Å². The van der Waals surface area contributed by atoms with E-state index in [1.165, 1.54) is 0 Å². The summed E-state index contributed by atoms with van der Waals surface area (Å²) in [7, 11) is 0. The first-order valence-corrected chi connectivity index (χ1v) is 4.57. The van der Waals surface area contributed by atoms with Gasteiger partial charge in [-0.1, -0.05) is 20.8 Å². The molecule has 0 aromatic rings. The molecule has 1 rings (SSSR count). The summed E-state index contributed by atoms with van der Waals surface area (Å²) in [5, 5.41) is 0. The third-order valence-electron chi connectivity index (χ3n) is 1.85. The van der Waals surface area contributed by atoms with E-state index in [0.717, 1.165) is 17.9 Å². The molecule has 2 nitrogen and oxygen atoms in total. The number of rotatable bonds is 2. The van der Waals surface area contributed by atoms with Gasteiger partial charge in [0.25, 0.3) is 0 Å². The molecule has 1 heterocycles. The Bertz CT molecular complexity index is 202. The number of allylic oxidation sites excluding steroid dienone is 2. The van der Waals surface area contributed by atoms with E-state index in [4.69, 9.17) is 9.47 Å². The van der Waals surface area contributed by atoms with Crippen molar-refractivity contribution in [3.05, 3.63) is 11.5 Å². The van der Waals surface area contributed by atoms with Crippen molar-refractivity contribution >= 4 is 0 Å². The Labute approximate surface area is 74.6 Å². The van der Waals surface area contributed by atoms with E-state index in [0.29, 0.717) is 5.92 Å². The molecule has 0 spiro atoms. The predicted octanol–water partition coefficient (Wildman–Crippen LogP) is 3.05. The lowest BCUT2D eigenvalue weighted by Crippen LogP contribution is -2.21. The van der Waals surface area contributed by atoms with Gasteiger partial charge in [-0.3, -0.25) is 0 Å². The SMILES string of the molecule is CCC1=C(C(C)C)OC(C)(C)O1. The average Bonchev–Trinajstić information content (AvgIpc) is 2.25. The van der Waals surface area contributed by atoms with Gasteiger partial charge < -0.3 is 9.47 Å². The van der Waals surface area contributed by atoms with Crippen LogP contribution < -0.4 is 0 Å². The van der Waals surface area contributed by atoms with Crippen LogP contribution in [0.4, 0.5) is 0 Å². The topological polar surface area (TPSA) is 18.5 Å². The first kappa shape index (κ1) is 9.43. The van der Waals surface area contributed by atoms with Gasteiger partial charge in [-0.2, -0.15) is 0 Å². The Morgan fingerprint density at radius 3 is 2.17 bits per heavy atom. The van der Waals surface area contributed by atoms with Crippen LogP contribution in [0.15, 0.2) is 11.5 Å². The number of hydrogen-bond acceptors (Lipinski definition) is 2. The average molecular weight is 170 g/mol. The van der Waals surface area contributed by atoms with Crippen molar-refractivity contribution in [2.45, 2.75) is 46.8 Å². The Morgan fingerprint density at radius 1 is 1.25 bits per heavy atom. The molecule has 0 amide bonds. The minimum Gasteiger partial charge on any atom is -0.454 e. The van der Waals surface area contributed by atoms with E-state index in [2.05, 4.69) is 20.8 Å². The highest BCUT2D eigenvalue weighted by Crippen LogP contribution is 2.35. The molecular weight excluding hydrogens is 152 g/mol. The van der Waals surface area contributed by atoms with Crippen molar-refractivity contribution < 1.29 is 9.47 Å². The summed E-state index contributed by atoms with van der Waals surface area (Å²) in [4.78, 5) is 0. The molecule has 0 atom stereocenters. The second-order valence-electron chi connectivity index (χ2n) is 3.90. The fourth-order valence-electron chi connectivity index (χ4n) is 1.38. The molecule has 1 aliphatic heterocycles. The lowest BCUT2D eigenvalue weighted by Gasteiger charge is -2.19. The Kier molecular flexibility index (Phi) is 2.36. The highest BCUT2D eigenvalue weighted by molar-refractivity contribution is 5.09. The van der Waals surface area contributed by atoms with Crippen LogP contribution in [0.5, 0.6) is 0 Å². The first-order valence-electron chi connectivity index (χ1n) is 4.57. The summed E-state index contributed by atoms with van der Waals surface area (Å²) >= 11 is 0. The first-order chi connectivity index (χ1) is 5.46. The van der Waals surface area contributed by atoms with Crippen LogP contribution in [0.3, 0.4) is 0 Å². The van der Waals surface area contributed by atoms with Gasteiger partial charge in [0, 0.05) is 26.2 Å². The van der Waals surface area contributed by atoms with Crippen LogP contribution in [0.25, 0.3) is 0 Å². The molecule has 0 saturated carbocycles. The summed E-state index contributed by atoms with van der Waals surface area (Å²) in [6.45, 7) is 10.2. The lowest BCUT2D eigenvalue weighted by atomic mass is 10.1. The molecule has 1 aliphatic rings. The standard InChI is InChI=1S/C10H18O2/c1-6-8-9(7(2)3)12-10(4,5)11-8/h7H,6H2,1-5H3. The number of ether oxygens (including phenoxy) is 2. The van der Waals surface area contributed by atoms with E-state index in [1.807, 2.05) is 13.8 Å². The third kappa shape index (κ3) is 1.74. The normalized spacial score (nSPS) is 21.2. The van der Waals surface area contributed by atoms with Crippen molar-refractivity contribution in [1.82, 2.24) is 0 Å². The van der Waals surface area contributed by atoms with Crippen molar-refractivity contribution in [3.8, 4) is 0 Å². The van der Waals surface area contributed by atoms with Crippen LogP contribution in [0.2, 0.25) is 0 Å². The summed E-state index contributed by atoms with van der Waals surface area (Å²) in [6, 6.07) is 0. The van der Waals surface area contributed by atoms with Crippen LogP contribution in [0, 0.1) is 5.92 Å². The fraction of sp³-hybridized carbons (Fsp3) is 0.800. The summed E-state index contributed by atoms with van der Waals surface area (Å²) in [5.74, 6) is 1.99. The van der Waals surface area contributed by atoms with Gasteiger partial charge in [0.15, 0.2) is 0 Å². The molecular formula is C10H18O2. The van der Waals surface area contributed by atoms with E-state index in [1.54, 1.807) is 0 Å². The molecule has 0 aromatic heterocycles. The zero-order chi connectivity index (χ0) is 9.35. The minimum atomic E-state index is -0.453. The van der Waals surface area contributed by atoms with Gasteiger partial charge in [-0.15, -0.1) is 0 Å². The number of hydrogen-bond donors (Lipinski definition) is 0. The van der Waals surface area contributed by atoms with Crippen LogP contribution >= 0.6 is 0 Å². The Hall–Kier alpha value is -0.660. The van der Waals surface area contributed by atoms with Gasteiger partial charge in [0.2, 0.25) is 5.79 Å². The molecule has 0 aromatic carbocycles. The molecule has 0 N–H and O–H groups in total. The molecule has 0 saturated heterocycles. The van der Waals surface area contributed by atoms with Crippen molar-refractivity contribution in [1.29, 1.82) is 0 Å². The monoisotopic (exact) mass is 170 g/mol. The van der Waals surface area contributed by atoms with E-state index in [-0.39, 0.29) is 0 Å². The van der Waals surface area contributed by atoms with Gasteiger partial charge >= 0.3 is 0 Å². The maximum atomic E-state index is 5.67. The van der Waals surface area contributed by atoms with Gasteiger partial charge in [0.05, 0.1) is 0 Å². The molecule has 2 heteroatoms. The largest absolute Gasteiger partial charge is 0.454 e. The Balaban J connectivity index is 2.80. The highest BCUT2D eigenvalue weighted by atomic mass is 16.7. The van der Waals surface area contributed by atoms with E-state index < -0.39 is 5.79 Å². The molecule has 0 radical (unpaired) electrons. The van der Waals surface area contributed by atoms with Crippen molar-refractivity contribution in [3.63, 3.8) is 0 Å². The van der Waals surface area contributed by atoms with Crippen LogP contribution in [-0.2, 0) is 9.47 Å². The van der Waals surface area contributed by atoms with Crippen molar-refractivity contribution in [2.24, 2.45) is 5.92 Å². The highest BCUT2D eigenvalue weighted by Gasteiger charge is 2.33. The quantitative estimate of drug-likeness (QED) is 0.634. The third-order valence-corrected chi connectivity index (χ3v) is 1.85.